The maximum absolute atomic E-state index is 11.8. The molecule has 1 aliphatic rings. The number of nitrogens with one attached hydrogen (secondary N) is 1. The van der Waals surface area contributed by atoms with E-state index in [4.69, 9.17) is 5.73 Å². The molecule has 0 saturated carbocycles. The lowest BCUT2D eigenvalue weighted by Gasteiger charge is -2.21. The Morgan fingerprint density at radius 1 is 1.33 bits per heavy atom. The summed E-state index contributed by atoms with van der Waals surface area (Å²) in [5.74, 6) is 0.234. The number of fused-ring (bicyclic) bond motifs is 1. The van der Waals surface area contributed by atoms with Crippen molar-refractivity contribution in [2.45, 2.75) is 58.8 Å². The number of thiophene rings is 1. The fourth-order valence-electron chi connectivity index (χ4n) is 3.07. The molecule has 2 rings (SSSR count). The zero-order chi connectivity index (χ0) is 15.4. The van der Waals surface area contributed by atoms with Gasteiger partial charge in [-0.25, -0.2) is 0 Å². The number of hydrogen-bond acceptors (Lipinski definition) is 3. The van der Waals surface area contributed by atoms with Gasteiger partial charge in [0.1, 0.15) is 5.00 Å². The molecule has 0 unspecified atom stereocenters. The van der Waals surface area contributed by atoms with Gasteiger partial charge in [-0.1, -0.05) is 26.7 Å². The molecule has 1 heterocycles. The summed E-state index contributed by atoms with van der Waals surface area (Å²) in [5.41, 5.74) is 7.17. The lowest BCUT2D eigenvalue weighted by atomic mass is 9.84. The second-order valence-electron chi connectivity index (χ2n) is 5.77. The average molecular weight is 308 g/mol. The molecule has 116 valence electrons. The Hall–Kier alpha value is -1.36. The first-order valence-electron chi connectivity index (χ1n) is 7.80. The second-order valence-corrected chi connectivity index (χ2v) is 6.87. The van der Waals surface area contributed by atoms with Crippen LogP contribution in [0, 0.1) is 5.92 Å². The minimum atomic E-state index is -0.423. The molecule has 0 radical (unpaired) electrons. The van der Waals surface area contributed by atoms with E-state index in [9.17, 15) is 9.59 Å². The zero-order valence-electron chi connectivity index (χ0n) is 12.8. The van der Waals surface area contributed by atoms with Crippen molar-refractivity contribution in [2.75, 3.05) is 5.32 Å². The van der Waals surface area contributed by atoms with E-state index in [1.807, 2.05) is 6.92 Å². The largest absolute Gasteiger partial charge is 0.365 e. The Labute approximate surface area is 130 Å². The van der Waals surface area contributed by atoms with Gasteiger partial charge in [0.05, 0.1) is 5.56 Å². The molecule has 0 spiro atoms. The first-order valence-corrected chi connectivity index (χ1v) is 8.62. The minimum Gasteiger partial charge on any atom is -0.365 e. The maximum atomic E-state index is 11.8. The van der Waals surface area contributed by atoms with Crippen LogP contribution in [0.25, 0.3) is 0 Å². The fraction of sp³-hybridized carbons (Fsp3) is 0.625. The second kappa shape index (κ2) is 7.07. The van der Waals surface area contributed by atoms with Crippen LogP contribution in [0.4, 0.5) is 5.00 Å². The molecule has 1 aromatic heterocycles. The van der Waals surface area contributed by atoms with Crippen molar-refractivity contribution < 1.29 is 9.59 Å². The van der Waals surface area contributed by atoms with E-state index in [-0.39, 0.29) is 5.91 Å². The van der Waals surface area contributed by atoms with Crippen molar-refractivity contribution in [3.8, 4) is 0 Å². The highest BCUT2D eigenvalue weighted by atomic mass is 32.1. The van der Waals surface area contributed by atoms with E-state index < -0.39 is 5.91 Å². The third-order valence-electron chi connectivity index (χ3n) is 4.04. The highest BCUT2D eigenvalue weighted by Gasteiger charge is 2.28. The van der Waals surface area contributed by atoms with Gasteiger partial charge in [0.25, 0.3) is 5.91 Å². The van der Waals surface area contributed by atoms with Crippen molar-refractivity contribution in [1.82, 2.24) is 0 Å². The van der Waals surface area contributed by atoms with Crippen LogP contribution in [0.15, 0.2) is 0 Å². The van der Waals surface area contributed by atoms with Crippen LogP contribution in [0.1, 0.15) is 66.8 Å². The van der Waals surface area contributed by atoms with Crippen molar-refractivity contribution in [2.24, 2.45) is 11.7 Å². The Bertz CT molecular complexity index is 537. The topological polar surface area (TPSA) is 72.2 Å². The molecule has 0 aliphatic heterocycles. The quantitative estimate of drug-likeness (QED) is 0.844. The van der Waals surface area contributed by atoms with Gasteiger partial charge in [0.15, 0.2) is 0 Å². The molecular formula is C16H24N2O2S. The van der Waals surface area contributed by atoms with Crippen LogP contribution in [0.3, 0.4) is 0 Å². The number of rotatable bonds is 6. The van der Waals surface area contributed by atoms with Crippen LogP contribution in [-0.2, 0) is 17.6 Å². The summed E-state index contributed by atoms with van der Waals surface area (Å²) in [6.07, 6.45) is 6.70. The van der Waals surface area contributed by atoms with Gasteiger partial charge in [0.2, 0.25) is 5.91 Å². The summed E-state index contributed by atoms with van der Waals surface area (Å²) in [7, 11) is 0. The number of carbonyl (C=O) groups excluding carboxylic acids is 2. The van der Waals surface area contributed by atoms with Crippen LogP contribution in [-0.4, -0.2) is 11.8 Å². The maximum Gasteiger partial charge on any atom is 0.251 e. The van der Waals surface area contributed by atoms with E-state index >= 15 is 0 Å². The minimum absolute atomic E-state index is 0.0382. The molecule has 4 nitrogen and oxygen atoms in total. The van der Waals surface area contributed by atoms with Gasteiger partial charge >= 0.3 is 0 Å². The van der Waals surface area contributed by atoms with Gasteiger partial charge in [-0.05, 0) is 37.2 Å². The number of primary amides is 1. The van der Waals surface area contributed by atoms with E-state index in [0.717, 1.165) is 31.2 Å². The molecule has 3 N–H and O–H groups in total. The van der Waals surface area contributed by atoms with Crippen LogP contribution < -0.4 is 11.1 Å². The summed E-state index contributed by atoms with van der Waals surface area (Å²) < 4.78 is 0. The van der Waals surface area contributed by atoms with Crippen molar-refractivity contribution in [3.63, 3.8) is 0 Å². The van der Waals surface area contributed by atoms with Crippen molar-refractivity contribution in [3.05, 3.63) is 16.0 Å². The van der Waals surface area contributed by atoms with Gasteiger partial charge in [0, 0.05) is 11.3 Å². The lowest BCUT2D eigenvalue weighted by molar-refractivity contribution is -0.116. The number of hydrogen-bond donors (Lipinski definition) is 2. The van der Waals surface area contributed by atoms with Gasteiger partial charge in [-0.3, -0.25) is 9.59 Å². The number of carbonyl (C=O) groups is 2. The summed E-state index contributed by atoms with van der Waals surface area (Å²) in [6.45, 7) is 4.17. The van der Waals surface area contributed by atoms with Gasteiger partial charge < -0.3 is 11.1 Å². The predicted octanol–water partition coefficient (Wildman–Crippen LogP) is 3.49. The molecular weight excluding hydrogens is 284 g/mol. The van der Waals surface area contributed by atoms with Crippen LogP contribution >= 0.6 is 11.3 Å². The number of amides is 2. The Balaban J connectivity index is 2.26. The van der Waals surface area contributed by atoms with E-state index in [2.05, 4.69) is 12.2 Å². The summed E-state index contributed by atoms with van der Waals surface area (Å²) in [6, 6.07) is 0. The molecule has 0 aromatic carbocycles. The standard InChI is InChI=1S/C16H24N2O2S/c1-3-5-10-7-8-11-12(9-10)21-16(14(11)15(17)20)18-13(19)6-4-2/h10H,3-9H2,1-2H3,(H2,17,20)(H,18,19)/t10-/m1/s1. The summed E-state index contributed by atoms with van der Waals surface area (Å²) >= 11 is 1.54. The SMILES string of the molecule is CCCC(=O)Nc1sc2c(c1C(N)=O)CC[C@@H](CCC)C2. The smallest absolute Gasteiger partial charge is 0.251 e. The highest BCUT2D eigenvalue weighted by Crippen LogP contribution is 2.40. The molecule has 2 amide bonds. The molecule has 5 heteroatoms. The van der Waals surface area contributed by atoms with Crippen molar-refractivity contribution in [1.29, 1.82) is 0 Å². The van der Waals surface area contributed by atoms with E-state index in [1.54, 1.807) is 11.3 Å². The Morgan fingerprint density at radius 3 is 2.71 bits per heavy atom. The molecule has 0 saturated heterocycles. The van der Waals surface area contributed by atoms with E-state index in [1.165, 1.54) is 17.7 Å². The Morgan fingerprint density at radius 2 is 2.10 bits per heavy atom. The molecule has 0 bridgehead atoms. The van der Waals surface area contributed by atoms with Crippen LogP contribution in [0.2, 0.25) is 0 Å². The normalized spacial score (nSPS) is 17.3. The summed E-state index contributed by atoms with van der Waals surface area (Å²) in [4.78, 5) is 24.8. The zero-order valence-corrected chi connectivity index (χ0v) is 13.6. The number of anilines is 1. The molecule has 21 heavy (non-hydrogen) atoms. The summed E-state index contributed by atoms with van der Waals surface area (Å²) in [5, 5.41) is 3.53. The predicted molar refractivity (Wildman–Crippen MR) is 86.8 cm³/mol. The first-order chi connectivity index (χ1) is 10.1. The monoisotopic (exact) mass is 308 g/mol. The third-order valence-corrected chi connectivity index (χ3v) is 5.21. The number of nitrogens with two attached hydrogens (primary N) is 1. The van der Waals surface area contributed by atoms with Gasteiger partial charge in [-0.2, -0.15) is 0 Å². The fourth-order valence-corrected chi connectivity index (χ4v) is 4.46. The van der Waals surface area contributed by atoms with Gasteiger partial charge in [-0.15, -0.1) is 11.3 Å². The highest BCUT2D eigenvalue weighted by molar-refractivity contribution is 7.17. The van der Waals surface area contributed by atoms with Crippen LogP contribution in [0.5, 0.6) is 0 Å². The molecule has 1 aliphatic carbocycles. The van der Waals surface area contributed by atoms with Crippen molar-refractivity contribution >= 4 is 28.2 Å². The molecule has 0 fully saturated rings. The molecule has 1 atom stereocenters. The Kier molecular flexibility index (Phi) is 5.39. The third kappa shape index (κ3) is 3.64. The average Bonchev–Trinajstić information content (AvgIpc) is 2.76. The molecule has 1 aromatic rings. The van der Waals surface area contributed by atoms with E-state index in [0.29, 0.717) is 22.9 Å². The first kappa shape index (κ1) is 16.0. The lowest BCUT2D eigenvalue weighted by Crippen LogP contribution is -2.19.